The van der Waals surface area contributed by atoms with Crippen molar-refractivity contribution in [3.63, 3.8) is 0 Å². The van der Waals surface area contributed by atoms with Crippen LogP contribution in [0.3, 0.4) is 0 Å². The minimum atomic E-state index is -0.721. The molecular formula is C19H25N3O4. The van der Waals surface area contributed by atoms with Crippen LogP contribution in [0.5, 0.6) is 11.5 Å². The fourth-order valence-corrected chi connectivity index (χ4v) is 2.66. The zero-order chi connectivity index (χ0) is 18.8. The number of likely N-dealkylation sites (tertiary alicyclic amines) is 1. The molecule has 1 aliphatic heterocycles. The molecule has 0 aliphatic carbocycles. The first kappa shape index (κ1) is 19.5. The molecule has 0 saturated carbocycles. The average Bonchev–Trinajstić information content (AvgIpc) is 2.95. The molecule has 0 radical (unpaired) electrons. The Morgan fingerprint density at radius 2 is 1.96 bits per heavy atom. The lowest BCUT2D eigenvalue weighted by molar-refractivity contribution is -0.145. The molecule has 1 N–H and O–H groups in total. The SMILES string of the molecule is C=CCOc1ccc(/C=N\NC(=O)C(=O)N2CCCCCC2)cc1OC. The van der Waals surface area contributed by atoms with Crippen molar-refractivity contribution in [3.05, 3.63) is 36.4 Å². The number of methoxy groups -OCH3 is 1. The van der Waals surface area contributed by atoms with Crippen LogP contribution >= 0.6 is 0 Å². The molecule has 7 nitrogen and oxygen atoms in total. The Hall–Kier alpha value is -2.83. The van der Waals surface area contributed by atoms with Gasteiger partial charge in [-0.25, -0.2) is 5.43 Å². The molecule has 7 heteroatoms. The van der Waals surface area contributed by atoms with Gasteiger partial charge < -0.3 is 14.4 Å². The molecule has 2 amide bonds. The third-order valence-corrected chi connectivity index (χ3v) is 4.01. The Bertz CT molecular complexity index is 665. The van der Waals surface area contributed by atoms with Crippen molar-refractivity contribution in [1.82, 2.24) is 10.3 Å². The van der Waals surface area contributed by atoms with E-state index in [1.54, 1.807) is 36.3 Å². The van der Waals surface area contributed by atoms with Crippen molar-refractivity contribution >= 4 is 18.0 Å². The molecule has 1 heterocycles. The second kappa shape index (κ2) is 10.2. The molecule has 2 rings (SSSR count). The Morgan fingerprint density at radius 3 is 2.62 bits per heavy atom. The number of nitrogens with one attached hydrogen (secondary N) is 1. The lowest BCUT2D eigenvalue weighted by atomic mass is 10.2. The van der Waals surface area contributed by atoms with E-state index in [9.17, 15) is 9.59 Å². The number of hydrogen-bond donors (Lipinski definition) is 1. The highest BCUT2D eigenvalue weighted by Crippen LogP contribution is 2.27. The Kier molecular flexibility index (Phi) is 7.67. The molecule has 1 aromatic carbocycles. The summed E-state index contributed by atoms with van der Waals surface area (Å²) >= 11 is 0. The number of nitrogens with zero attached hydrogens (tertiary/aromatic N) is 2. The average molecular weight is 359 g/mol. The van der Waals surface area contributed by atoms with Gasteiger partial charge in [0.05, 0.1) is 13.3 Å². The number of hydrazone groups is 1. The minimum absolute atomic E-state index is 0.373. The van der Waals surface area contributed by atoms with Gasteiger partial charge in [-0.2, -0.15) is 5.10 Å². The first-order chi connectivity index (χ1) is 12.7. The van der Waals surface area contributed by atoms with Gasteiger partial charge in [0, 0.05) is 13.1 Å². The van der Waals surface area contributed by atoms with Gasteiger partial charge in [0.25, 0.3) is 0 Å². The van der Waals surface area contributed by atoms with E-state index < -0.39 is 11.8 Å². The summed E-state index contributed by atoms with van der Waals surface area (Å²) in [5.41, 5.74) is 2.99. The van der Waals surface area contributed by atoms with Crippen molar-refractivity contribution in [2.24, 2.45) is 5.10 Å². The summed E-state index contributed by atoms with van der Waals surface area (Å²) in [4.78, 5) is 25.7. The summed E-state index contributed by atoms with van der Waals surface area (Å²) in [6, 6.07) is 5.24. The van der Waals surface area contributed by atoms with Crippen LogP contribution in [0.25, 0.3) is 0 Å². The summed E-state index contributed by atoms with van der Waals surface area (Å²) in [6.45, 7) is 5.22. The van der Waals surface area contributed by atoms with Crippen LogP contribution in [0.15, 0.2) is 36.0 Å². The van der Waals surface area contributed by atoms with Crippen molar-refractivity contribution in [1.29, 1.82) is 0 Å². The fourth-order valence-electron chi connectivity index (χ4n) is 2.66. The normalized spacial score (nSPS) is 14.6. The highest BCUT2D eigenvalue weighted by atomic mass is 16.5. The maximum absolute atomic E-state index is 12.1. The van der Waals surface area contributed by atoms with E-state index >= 15 is 0 Å². The van der Waals surface area contributed by atoms with Crippen molar-refractivity contribution in [3.8, 4) is 11.5 Å². The van der Waals surface area contributed by atoms with Crippen LogP contribution in [-0.2, 0) is 9.59 Å². The standard InChI is InChI=1S/C19H25N3O4/c1-3-12-26-16-9-8-15(13-17(16)25-2)14-20-21-18(23)19(24)22-10-6-4-5-7-11-22/h3,8-9,13-14H,1,4-7,10-12H2,2H3,(H,21,23)/b20-14-. The highest BCUT2D eigenvalue weighted by Gasteiger charge is 2.22. The molecule has 26 heavy (non-hydrogen) atoms. The van der Waals surface area contributed by atoms with Gasteiger partial charge in [-0.05, 0) is 36.6 Å². The topological polar surface area (TPSA) is 80.2 Å². The summed E-state index contributed by atoms with van der Waals surface area (Å²) < 4.78 is 10.7. The van der Waals surface area contributed by atoms with E-state index in [1.165, 1.54) is 6.21 Å². The molecule has 0 spiro atoms. The monoisotopic (exact) mass is 359 g/mol. The van der Waals surface area contributed by atoms with Gasteiger partial charge in [0.15, 0.2) is 11.5 Å². The van der Waals surface area contributed by atoms with Crippen molar-refractivity contribution in [2.75, 3.05) is 26.8 Å². The van der Waals surface area contributed by atoms with Gasteiger partial charge in [-0.15, -0.1) is 0 Å². The summed E-state index contributed by atoms with van der Waals surface area (Å²) in [6.07, 6.45) is 7.15. The quantitative estimate of drug-likeness (QED) is 0.365. The predicted molar refractivity (Wildman–Crippen MR) is 99.5 cm³/mol. The molecule has 1 fully saturated rings. The van der Waals surface area contributed by atoms with Crippen LogP contribution in [0.1, 0.15) is 31.2 Å². The second-order valence-corrected chi connectivity index (χ2v) is 5.92. The first-order valence-corrected chi connectivity index (χ1v) is 8.69. The second-order valence-electron chi connectivity index (χ2n) is 5.92. The molecule has 0 atom stereocenters. The Morgan fingerprint density at radius 1 is 1.23 bits per heavy atom. The van der Waals surface area contributed by atoms with E-state index in [4.69, 9.17) is 9.47 Å². The molecule has 1 saturated heterocycles. The minimum Gasteiger partial charge on any atom is -0.493 e. The van der Waals surface area contributed by atoms with Crippen LogP contribution in [0.4, 0.5) is 0 Å². The van der Waals surface area contributed by atoms with E-state index in [-0.39, 0.29) is 0 Å². The number of hydrogen-bond acceptors (Lipinski definition) is 5. The van der Waals surface area contributed by atoms with Gasteiger partial charge in [0.2, 0.25) is 0 Å². The third kappa shape index (κ3) is 5.61. The Labute approximate surface area is 153 Å². The lowest BCUT2D eigenvalue weighted by Gasteiger charge is -2.18. The molecule has 1 aliphatic rings. The third-order valence-electron chi connectivity index (χ3n) is 4.01. The molecule has 0 aromatic heterocycles. The van der Waals surface area contributed by atoms with E-state index in [0.717, 1.165) is 25.7 Å². The maximum Gasteiger partial charge on any atom is 0.329 e. The van der Waals surface area contributed by atoms with E-state index in [0.29, 0.717) is 36.8 Å². The first-order valence-electron chi connectivity index (χ1n) is 8.69. The summed E-state index contributed by atoms with van der Waals surface area (Å²) in [5, 5.41) is 3.86. The van der Waals surface area contributed by atoms with Crippen LogP contribution in [0, 0.1) is 0 Å². The summed E-state index contributed by atoms with van der Waals surface area (Å²) in [7, 11) is 1.54. The van der Waals surface area contributed by atoms with Crippen LogP contribution in [-0.4, -0.2) is 49.7 Å². The number of carbonyl (C=O) groups excluding carboxylic acids is 2. The number of ether oxygens (including phenoxy) is 2. The largest absolute Gasteiger partial charge is 0.493 e. The molecular weight excluding hydrogens is 334 g/mol. The molecule has 140 valence electrons. The predicted octanol–water partition coefficient (Wildman–Crippen LogP) is 2.11. The van der Waals surface area contributed by atoms with Crippen LogP contribution < -0.4 is 14.9 Å². The maximum atomic E-state index is 12.1. The van der Waals surface area contributed by atoms with Gasteiger partial charge in [-0.3, -0.25) is 9.59 Å². The van der Waals surface area contributed by atoms with Gasteiger partial charge in [0.1, 0.15) is 6.61 Å². The number of carbonyl (C=O) groups is 2. The van der Waals surface area contributed by atoms with E-state index in [2.05, 4.69) is 17.1 Å². The Balaban J connectivity index is 1.93. The zero-order valence-corrected chi connectivity index (χ0v) is 15.1. The summed E-state index contributed by atoms with van der Waals surface area (Å²) in [5.74, 6) is -0.122. The van der Waals surface area contributed by atoms with Gasteiger partial charge >= 0.3 is 11.8 Å². The van der Waals surface area contributed by atoms with Gasteiger partial charge in [-0.1, -0.05) is 25.5 Å². The highest BCUT2D eigenvalue weighted by molar-refractivity contribution is 6.35. The fraction of sp³-hybridized carbons (Fsp3) is 0.421. The molecule has 0 unspecified atom stereocenters. The molecule has 1 aromatic rings. The van der Waals surface area contributed by atoms with Crippen LogP contribution in [0.2, 0.25) is 0 Å². The zero-order valence-electron chi connectivity index (χ0n) is 15.1. The van der Waals surface area contributed by atoms with Crippen molar-refractivity contribution in [2.45, 2.75) is 25.7 Å². The smallest absolute Gasteiger partial charge is 0.329 e. The number of rotatable bonds is 6. The lowest BCUT2D eigenvalue weighted by Crippen LogP contribution is -2.41. The molecule has 0 bridgehead atoms. The number of amides is 2. The van der Waals surface area contributed by atoms with Crippen molar-refractivity contribution < 1.29 is 19.1 Å². The number of benzene rings is 1. The van der Waals surface area contributed by atoms with E-state index in [1.807, 2.05) is 0 Å².